The van der Waals surface area contributed by atoms with Crippen molar-refractivity contribution >= 4 is 69.4 Å². The number of aromatic nitrogens is 2. The summed E-state index contributed by atoms with van der Waals surface area (Å²) in [6.45, 7) is 11.5. The number of thiophene rings is 2. The van der Waals surface area contributed by atoms with Crippen molar-refractivity contribution in [1.29, 1.82) is 0 Å². The second-order valence-corrected chi connectivity index (χ2v) is 24.2. The fourth-order valence-electron chi connectivity index (χ4n) is 10.7. The highest BCUT2D eigenvalue weighted by atomic mass is 32.1. The van der Waals surface area contributed by atoms with E-state index in [0.29, 0.717) is 54.4 Å². The Morgan fingerprint density at radius 2 is 1.67 bits per heavy atom. The summed E-state index contributed by atoms with van der Waals surface area (Å²) in [4.78, 5) is 95.4. The highest BCUT2D eigenvalue weighted by Gasteiger charge is 2.44. The van der Waals surface area contributed by atoms with Gasteiger partial charge in [0.05, 0.1) is 16.7 Å². The second-order valence-electron chi connectivity index (χ2n) is 22.1. The van der Waals surface area contributed by atoms with E-state index in [1.807, 2.05) is 117 Å². The lowest BCUT2D eigenvalue weighted by Crippen LogP contribution is -2.57. The van der Waals surface area contributed by atoms with Gasteiger partial charge in [-0.3, -0.25) is 33.7 Å². The Morgan fingerprint density at radius 1 is 0.910 bits per heavy atom. The van der Waals surface area contributed by atoms with Crippen LogP contribution in [0.2, 0.25) is 0 Å². The number of aliphatic hydroxyl groups is 1. The Kier molecular flexibility index (Phi) is 17.1. The Bertz CT molecular complexity index is 3230. The fraction of sp³-hybridized carbons (Fsp3) is 0.417. The van der Waals surface area contributed by atoms with Gasteiger partial charge in [0.2, 0.25) is 23.6 Å². The summed E-state index contributed by atoms with van der Waals surface area (Å²) in [5.41, 5.74) is 7.73. The number of rotatable bonds is 17. The Balaban J connectivity index is 0.767. The standard InChI is InChI=1S/C60H71N9O7S2/c1-36-26-30-77-52(36)40-20-18-38(19-21-40)33-61-55(72)47-32-43(70)34-69(47)58(75)53(60(3,4)5)65-50(71)17-10-11-27-68-29-28-66(6)51(57(68)74)39-22-24-42(25-23-39)62-54-59(76)67(7)35-46(63-54)44-14-12-15-45(37(44)2)64-56(73)49-31-41-13-8-9-16-48(41)78-49/h12,14-15,18-26,30-31,35,43,47,51,53,70H,8-11,13,16-17,27-29,32-34H2,1-7H3,(H,61,72)(H,62,63)(H,64,73)(H,65,71)/t43-,47+,51-,53-/m1/s1. The van der Waals surface area contributed by atoms with Gasteiger partial charge < -0.3 is 40.7 Å². The van der Waals surface area contributed by atoms with E-state index in [1.165, 1.54) is 30.3 Å². The summed E-state index contributed by atoms with van der Waals surface area (Å²) in [6.07, 6.45) is 6.43. The SMILES string of the molecule is Cc1ccsc1-c1ccc(CNC(=O)[C@@H]2C[C@@H](O)CN2C(=O)[C@@H](NC(=O)CCCCN2CCN(C)[C@H](c3ccc(Nc4nc(-c5cccc(NC(=O)c6cc7c(s6)CCCC7)c5C)cn(C)c4=O)cc3)C2=O)C(C)(C)C)cc1. The van der Waals surface area contributed by atoms with Crippen molar-refractivity contribution in [3.8, 4) is 21.7 Å². The molecular formula is C60H71N9O7S2. The lowest BCUT2D eigenvalue weighted by Gasteiger charge is -2.39. The number of aryl methyl sites for hydroxylation is 4. The minimum absolute atomic E-state index is 0.0131. The number of hydrogen-bond donors (Lipinski definition) is 5. The van der Waals surface area contributed by atoms with Crippen LogP contribution < -0.4 is 26.8 Å². The first-order chi connectivity index (χ1) is 37.3. The number of likely N-dealkylation sites (tertiary alicyclic amines) is 1. The number of β-amino-alcohol motifs (C(OH)–C–C–N with tert-alkyl or cyclic N) is 1. The Labute approximate surface area is 464 Å². The molecule has 3 aliphatic rings. The van der Waals surface area contributed by atoms with Crippen LogP contribution in [0.5, 0.6) is 0 Å². The molecule has 5 amide bonds. The van der Waals surface area contributed by atoms with Gasteiger partial charge in [0.25, 0.3) is 11.5 Å². The molecule has 2 saturated heterocycles. The number of likely N-dealkylation sites (N-methyl/N-ethyl adjacent to an activating group) is 1. The molecule has 2 fully saturated rings. The molecule has 0 saturated carbocycles. The molecule has 0 unspecified atom stereocenters. The van der Waals surface area contributed by atoms with Gasteiger partial charge in [-0.15, -0.1) is 22.7 Å². The van der Waals surface area contributed by atoms with Crippen molar-refractivity contribution < 1.29 is 29.1 Å². The van der Waals surface area contributed by atoms with Crippen molar-refractivity contribution in [2.45, 2.75) is 117 Å². The molecule has 6 aromatic rings. The third-order valence-electron chi connectivity index (χ3n) is 15.3. The number of carbonyl (C=O) groups is 5. The molecule has 3 aromatic carbocycles. The molecule has 0 bridgehead atoms. The number of anilines is 3. The van der Waals surface area contributed by atoms with Crippen molar-refractivity contribution in [1.82, 2.24) is 34.9 Å². The van der Waals surface area contributed by atoms with Gasteiger partial charge in [0, 0.05) is 85.5 Å². The van der Waals surface area contributed by atoms with E-state index >= 15 is 0 Å². The second kappa shape index (κ2) is 23.9. The first-order valence-corrected chi connectivity index (χ1v) is 28.7. The largest absolute Gasteiger partial charge is 0.391 e. The lowest BCUT2D eigenvalue weighted by molar-refractivity contribution is -0.144. The van der Waals surface area contributed by atoms with Crippen LogP contribution in [-0.4, -0.2) is 110 Å². The first kappa shape index (κ1) is 55.8. The van der Waals surface area contributed by atoms with Gasteiger partial charge in [-0.25, -0.2) is 4.98 Å². The molecule has 3 aromatic heterocycles. The monoisotopic (exact) mass is 1090 g/mol. The van der Waals surface area contributed by atoms with E-state index in [4.69, 9.17) is 4.98 Å². The molecule has 4 atom stereocenters. The smallest absolute Gasteiger partial charge is 0.293 e. The molecule has 16 nitrogen and oxygen atoms in total. The number of amides is 5. The van der Waals surface area contributed by atoms with Crippen molar-refractivity contribution in [3.05, 3.63) is 138 Å². The topological polar surface area (TPSA) is 198 Å². The molecular weight excluding hydrogens is 1020 g/mol. The fourth-order valence-corrected chi connectivity index (χ4v) is 12.8. The molecule has 5 N–H and O–H groups in total. The highest BCUT2D eigenvalue weighted by molar-refractivity contribution is 7.14. The lowest BCUT2D eigenvalue weighted by atomic mass is 9.85. The zero-order valence-electron chi connectivity index (χ0n) is 45.6. The normalized spacial score (nSPS) is 18.1. The quantitative estimate of drug-likeness (QED) is 0.0552. The number of nitrogens with one attached hydrogen (secondary N) is 4. The molecule has 5 heterocycles. The van der Waals surface area contributed by atoms with Crippen molar-refractivity contribution in [2.24, 2.45) is 12.5 Å². The van der Waals surface area contributed by atoms with E-state index in [1.54, 1.807) is 35.9 Å². The predicted molar refractivity (Wildman–Crippen MR) is 308 cm³/mol. The summed E-state index contributed by atoms with van der Waals surface area (Å²) in [5, 5.41) is 25.0. The van der Waals surface area contributed by atoms with E-state index in [-0.39, 0.29) is 60.9 Å². The molecule has 0 spiro atoms. The van der Waals surface area contributed by atoms with Crippen LogP contribution in [0.4, 0.5) is 17.2 Å². The van der Waals surface area contributed by atoms with Crippen LogP contribution in [0.3, 0.4) is 0 Å². The van der Waals surface area contributed by atoms with Gasteiger partial charge in [-0.1, -0.05) is 69.3 Å². The van der Waals surface area contributed by atoms with Crippen LogP contribution in [-0.2, 0) is 45.6 Å². The van der Waals surface area contributed by atoms with Crippen LogP contribution >= 0.6 is 22.7 Å². The number of unbranched alkanes of at least 4 members (excludes halogenated alkanes) is 1. The molecule has 410 valence electrons. The predicted octanol–water partition coefficient (Wildman–Crippen LogP) is 8.52. The van der Waals surface area contributed by atoms with Gasteiger partial charge in [0.1, 0.15) is 18.1 Å². The Morgan fingerprint density at radius 3 is 2.38 bits per heavy atom. The highest BCUT2D eigenvalue weighted by Crippen LogP contribution is 2.34. The maximum absolute atomic E-state index is 14.2. The number of nitrogens with zero attached hydrogens (tertiary/aromatic N) is 5. The number of aliphatic hydroxyl groups excluding tert-OH is 1. The molecule has 2 aliphatic heterocycles. The Hall–Kier alpha value is -6.99. The van der Waals surface area contributed by atoms with Gasteiger partial charge >= 0.3 is 0 Å². The number of carbonyl (C=O) groups excluding carboxylic acids is 5. The number of fused-ring (bicyclic) bond motifs is 1. The minimum Gasteiger partial charge on any atom is -0.391 e. The molecule has 9 rings (SSSR count). The molecule has 0 radical (unpaired) electrons. The van der Waals surface area contributed by atoms with E-state index < -0.39 is 35.6 Å². The zero-order valence-corrected chi connectivity index (χ0v) is 47.2. The van der Waals surface area contributed by atoms with Crippen LogP contribution in [0.25, 0.3) is 21.7 Å². The maximum atomic E-state index is 14.2. The van der Waals surface area contributed by atoms with Crippen LogP contribution in [0, 0.1) is 19.3 Å². The maximum Gasteiger partial charge on any atom is 0.293 e. The van der Waals surface area contributed by atoms with Crippen molar-refractivity contribution in [3.63, 3.8) is 0 Å². The van der Waals surface area contributed by atoms with Gasteiger partial charge in [-0.05, 0) is 134 Å². The minimum atomic E-state index is -0.942. The number of piperazine rings is 1. The molecule has 78 heavy (non-hydrogen) atoms. The molecule has 1 aliphatic carbocycles. The third kappa shape index (κ3) is 12.6. The van der Waals surface area contributed by atoms with Gasteiger partial charge in [-0.2, -0.15) is 0 Å². The van der Waals surface area contributed by atoms with E-state index in [2.05, 4.69) is 39.6 Å². The summed E-state index contributed by atoms with van der Waals surface area (Å²) < 4.78 is 1.48. The summed E-state index contributed by atoms with van der Waals surface area (Å²) in [6, 6.07) is 22.8. The van der Waals surface area contributed by atoms with Crippen LogP contribution in [0.1, 0.15) is 108 Å². The van der Waals surface area contributed by atoms with Crippen LogP contribution in [0.15, 0.2) is 95.2 Å². The van der Waals surface area contributed by atoms with Crippen molar-refractivity contribution in [2.75, 3.05) is 43.9 Å². The third-order valence-corrected chi connectivity index (χ3v) is 17.6. The number of hydrogen-bond acceptors (Lipinski definition) is 12. The zero-order chi connectivity index (χ0) is 55.4. The summed E-state index contributed by atoms with van der Waals surface area (Å²) in [7, 11) is 3.60. The summed E-state index contributed by atoms with van der Waals surface area (Å²) >= 11 is 3.25. The molecule has 18 heteroatoms. The van der Waals surface area contributed by atoms with Gasteiger partial charge in [0.15, 0.2) is 5.82 Å². The summed E-state index contributed by atoms with van der Waals surface area (Å²) in [5.74, 6) is -1.14. The number of benzene rings is 3. The van der Waals surface area contributed by atoms with E-state index in [9.17, 15) is 33.9 Å². The van der Waals surface area contributed by atoms with E-state index in [0.717, 1.165) is 53.5 Å². The average molecular weight is 1090 g/mol. The average Bonchev–Trinajstić information content (AvgIpc) is 4.20. The first-order valence-electron chi connectivity index (χ1n) is 27.0.